The van der Waals surface area contributed by atoms with Crippen LogP contribution in [0.4, 0.5) is 0 Å². The minimum absolute atomic E-state index is 0.265. The molecule has 0 saturated heterocycles. The van der Waals surface area contributed by atoms with E-state index < -0.39 is 11.9 Å². The first-order valence-corrected chi connectivity index (χ1v) is 5.14. The van der Waals surface area contributed by atoms with Crippen LogP contribution in [0.25, 0.3) is 0 Å². The van der Waals surface area contributed by atoms with Crippen molar-refractivity contribution >= 4 is 11.9 Å². The maximum Gasteiger partial charge on any atom is 0.379 e. The van der Waals surface area contributed by atoms with Gasteiger partial charge in [-0.15, -0.1) is 0 Å². The minimum atomic E-state index is -0.735. The molecule has 0 saturated carbocycles. The van der Waals surface area contributed by atoms with Crippen LogP contribution in [0.2, 0.25) is 0 Å². The fourth-order valence-corrected chi connectivity index (χ4v) is 1.17. The molecule has 0 spiro atoms. The lowest BCUT2D eigenvalue weighted by atomic mass is 10.4. The Balaban J connectivity index is 2.22. The molecule has 88 valence electrons. The van der Waals surface area contributed by atoms with Gasteiger partial charge in [-0.05, 0) is 25.8 Å². The molecule has 5 nitrogen and oxygen atoms in total. The van der Waals surface area contributed by atoms with E-state index >= 15 is 0 Å². The standard InChI is InChI=1S/C11H14O5/c1-2-14-10(12)7-8-11(13)16-15-9-5-3-4-6-9/h5,7-8H,2-4,6H2,1H3. The highest BCUT2D eigenvalue weighted by Gasteiger charge is 2.08. The van der Waals surface area contributed by atoms with Crippen molar-refractivity contribution in [3.8, 4) is 0 Å². The van der Waals surface area contributed by atoms with Crippen molar-refractivity contribution in [2.45, 2.75) is 26.2 Å². The maximum atomic E-state index is 11.0. The number of ether oxygens (including phenoxy) is 1. The second kappa shape index (κ2) is 6.66. The molecule has 0 atom stereocenters. The highest BCUT2D eigenvalue weighted by atomic mass is 17.2. The minimum Gasteiger partial charge on any atom is -0.463 e. The summed E-state index contributed by atoms with van der Waals surface area (Å²) in [6, 6.07) is 0. The van der Waals surface area contributed by atoms with Crippen LogP contribution in [0.15, 0.2) is 24.0 Å². The first kappa shape index (κ1) is 12.3. The van der Waals surface area contributed by atoms with Crippen molar-refractivity contribution in [3.63, 3.8) is 0 Å². The topological polar surface area (TPSA) is 61.8 Å². The van der Waals surface area contributed by atoms with Crippen molar-refractivity contribution in [1.82, 2.24) is 0 Å². The zero-order valence-electron chi connectivity index (χ0n) is 9.10. The van der Waals surface area contributed by atoms with Gasteiger partial charge in [-0.3, -0.25) is 4.89 Å². The Bertz CT molecular complexity index is 316. The molecule has 5 heteroatoms. The molecule has 16 heavy (non-hydrogen) atoms. The van der Waals surface area contributed by atoms with E-state index in [1.54, 1.807) is 6.92 Å². The summed E-state index contributed by atoms with van der Waals surface area (Å²) in [5, 5.41) is 0. The third-order valence-electron chi connectivity index (χ3n) is 1.87. The summed E-state index contributed by atoms with van der Waals surface area (Å²) in [5.74, 6) is -0.668. The van der Waals surface area contributed by atoms with Crippen LogP contribution < -0.4 is 0 Å². The first-order chi connectivity index (χ1) is 7.72. The molecule has 1 rings (SSSR count). The number of allylic oxidation sites excluding steroid dienone is 2. The number of hydrogen-bond donors (Lipinski definition) is 0. The molecule has 0 heterocycles. The van der Waals surface area contributed by atoms with Gasteiger partial charge in [-0.1, -0.05) is 0 Å². The Morgan fingerprint density at radius 3 is 2.75 bits per heavy atom. The SMILES string of the molecule is CCOC(=O)C=CC(=O)OOC1=CCCC1. The lowest BCUT2D eigenvalue weighted by Crippen LogP contribution is -2.04. The summed E-state index contributed by atoms with van der Waals surface area (Å²) in [4.78, 5) is 31.1. The molecule has 0 aromatic heterocycles. The molecule has 0 aromatic carbocycles. The Labute approximate surface area is 93.6 Å². The number of hydrogen-bond acceptors (Lipinski definition) is 5. The summed E-state index contributed by atoms with van der Waals surface area (Å²) in [5.41, 5.74) is 0. The molecular weight excluding hydrogens is 212 g/mol. The summed E-state index contributed by atoms with van der Waals surface area (Å²) in [6.45, 7) is 1.95. The van der Waals surface area contributed by atoms with Crippen LogP contribution in [0, 0.1) is 0 Å². The highest BCUT2D eigenvalue weighted by Crippen LogP contribution is 2.18. The van der Waals surface area contributed by atoms with E-state index in [2.05, 4.69) is 9.62 Å². The van der Waals surface area contributed by atoms with Gasteiger partial charge in [0.2, 0.25) is 0 Å². The predicted molar refractivity (Wildman–Crippen MR) is 54.9 cm³/mol. The van der Waals surface area contributed by atoms with Crippen molar-refractivity contribution in [2.75, 3.05) is 6.61 Å². The predicted octanol–water partition coefficient (Wildman–Crippen LogP) is 1.65. The number of rotatable bonds is 5. The van der Waals surface area contributed by atoms with Crippen molar-refractivity contribution in [1.29, 1.82) is 0 Å². The van der Waals surface area contributed by atoms with Gasteiger partial charge in [-0.25, -0.2) is 14.5 Å². The van der Waals surface area contributed by atoms with Crippen LogP contribution >= 0.6 is 0 Å². The van der Waals surface area contributed by atoms with Gasteiger partial charge in [0.05, 0.1) is 6.61 Å². The van der Waals surface area contributed by atoms with Gasteiger partial charge >= 0.3 is 11.9 Å². The average molecular weight is 226 g/mol. The summed E-state index contributed by atoms with van der Waals surface area (Å²) >= 11 is 0. The molecule has 0 unspecified atom stereocenters. The number of carbonyl (C=O) groups excluding carboxylic acids is 2. The molecule has 0 N–H and O–H groups in total. The lowest BCUT2D eigenvalue weighted by molar-refractivity contribution is -0.242. The van der Waals surface area contributed by atoms with Crippen LogP contribution in [0.1, 0.15) is 26.2 Å². The monoisotopic (exact) mass is 226 g/mol. The third-order valence-corrected chi connectivity index (χ3v) is 1.87. The van der Waals surface area contributed by atoms with Crippen LogP contribution in [-0.4, -0.2) is 18.5 Å². The van der Waals surface area contributed by atoms with E-state index in [-0.39, 0.29) is 6.61 Å². The fraction of sp³-hybridized carbons (Fsp3) is 0.455. The Kier molecular flexibility index (Phi) is 5.11. The van der Waals surface area contributed by atoms with Crippen LogP contribution in [0.5, 0.6) is 0 Å². The lowest BCUT2D eigenvalue weighted by Gasteiger charge is -2.01. The maximum absolute atomic E-state index is 11.0. The summed E-state index contributed by atoms with van der Waals surface area (Å²) < 4.78 is 4.58. The first-order valence-electron chi connectivity index (χ1n) is 5.14. The largest absolute Gasteiger partial charge is 0.463 e. The normalized spacial score (nSPS) is 14.7. The van der Waals surface area contributed by atoms with E-state index in [4.69, 9.17) is 4.89 Å². The molecule has 0 aliphatic heterocycles. The fourth-order valence-electron chi connectivity index (χ4n) is 1.17. The molecule has 0 aromatic rings. The van der Waals surface area contributed by atoms with Gasteiger partial charge in [0.15, 0.2) is 5.76 Å². The molecule has 0 amide bonds. The molecule has 0 fully saturated rings. The van der Waals surface area contributed by atoms with Gasteiger partial charge in [-0.2, -0.15) is 0 Å². The number of carbonyl (C=O) groups is 2. The van der Waals surface area contributed by atoms with Crippen LogP contribution in [0.3, 0.4) is 0 Å². The Hall–Kier alpha value is -1.78. The summed E-state index contributed by atoms with van der Waals surface area (Å²) in [7, 11) is 0. The highest BCUT2D eigenvalue weighted by molar-refractivity contribution is 5.91. The smallest absolute Gasteiger partial charge is 0.379 e. The molecule has 1 aliphatic carbocycles. The van der Waals surface area contributed by atoms with E-state index in [9.17, 15) is 9.59 Å². The molecule has 0 bridgehead atoms. The second-order valence-electron chi connectivity index (χ2n) is 3.13. The summed E-state index contributed by atoms with van der Waals surface area (Å²) in [6.07, 6.45) is 6.54. The van der Waals surface area contributed by atoms with E-state index in [1.165, 1.54) is 0 Å². The average Bonchev–Trinajstić information content (AvgIpc) is 2.77. The quantitative estimate of drug-likeness (QED) is 0.309. The van der Waals surface area contributed by atoms with Crippen molar-refractivity contribution < 1.29 is 24.1 Å². The second-order valence-corrected chi connectivity index (χ2v) is 3.13. The van der Waals surface area contributed by atoms with Gasteiger partial charge in [0, 0.05) is 18.6 Å². The zero-order valence-corrected chi connectivity index (χ0v) is 9.10. The third kappa shape index (κ3) is 4.63. The zero-order chi connectivity index (χ0) is 11.8. The van der Waals surface area contributed by atoms with E-state index in [0.717, 1.165) is 31.4 Å². The number of esters is 1. The van der Waals surface area contributed by atoms with Gasteiger partial charge in [0.1, 0.15) is 0 Å². The van der Waals surface area contributed by atoms with E-state index in [0.29, 0.717) is 5.76 Å². The van der Waals surface area contributed by atoms with Crippen molar-refractivity contribution in [3.05, 3.63) is 24.0 Å². The molecular formula is C11H14O5. The van der Waals surface area contributed by atoms with Gasteiger partial charge in [0.25, 0.3) is 0 Å². The Morgan fingerprint density at radius 1 is 1.38 bits per heavy atom. The molecule has 0 radical (unpaired) electrons. The van der Waals surface area contributed by atoms with E-state index in [1.807, 2.05) is 6.08 Å². The molecule has 1 aliphatic rings. The Morgan fingerprint density at radius 2 is 2.12 bits per heavy atom. The van der Waals surface area contributed by atoms with Crippen molar-refractivity contribution in [2.24, 2.45) is 0 Å². The van der Waals surface area contributed by atoms with Gasteiger partial charge < -0.3 is 4.74 Å². The van der Waals surface area contributed by atoms with Crippen LogP contribution in [-0.2, 0) is 24.1 Å².